The summed E-state index contributed by atoms with van der Waals surface area (Å²) >= 11 is 1.42. The van der Waals surface area contributed by atoms with E-state index in [4.69, 9.17) is 0 Å². The van der Waals surface area contributed by atoms with Gasteiger partial charge in [-0.2, -0.15) is 13.2 Å². The lowest BCUT2D eigenvalue weighted by Crippen LogP contribution is -2.29. The fraction of sp³-hybridized carbons (Fsp3) is 0.0909. The minimum atomic E-state index is -4.88. The first-order valence-corrected chi connectivity index (χ1v) is 5.78. The molecule has 94 valence electrons. The molecule has 0 bridgehead atoms. The average molecular weight is 272 g/mol. The molecule has 0 aliphatic heterocycles. The van der Waals surface area contributed by atoms with E-state index in [-0.39, 0.29) is 5.69 Å². The van der Waals surface area contributed by atoms with Crippen LogP contribution >= 0.6 is 11.3 Å². The van der Waals surface area contributed by atoms with Gasteiger partial charge in [-0.05, 0) is 12.1 Å². The quantitative estimate of drug-likeness (QED) is 0.911. The number of halogens is 3. The Labute approximate surface area is 104 Å². The molecule has 0 saturated heterocycles. The number of hydrogen-bond acceptors (Lipinski definition) is 3. The number of amides is 1. The molecule has 18 heavy (non-hydrogen) atoms. The first-order valence-electron chi connectivity index (χ1n) is 4.83. The fourth-order valence-electron chi connectivity index (χ4n) is 1.28. The van der Waals surface area contributed by atoms with Crippen LogP contribution in [0.1, 0.15) is 0 Å². The number of alkyl halides is 3. The zero-order valence-corrected chi connectivity index (χ0v) is 9.68. The third-order valence-corrected chi connectivity index (χ3v) is 2.71. The Kier molecular flexibility index (Phi) is 3.33. The van der Waals surface area contributed by atoms with E-state index in [9.17, 15) is 18.0 Å². The van der Waals surface area contributed by atoms with E-state index in [0.29, 0.717) is 0 Å². The highest BCUT2D eigenvalue weighted by atomic mass is 32.1. The second kappa shape index (κ2) is 4.77. The molecule has 1 N–H and O–H groups in total. The van der Waals surface area contributed by atoms with Gasteiger partial charge in [0.05, 0.1) is 11.2 Å². The van der Waals surface area contributed by atoms with Gasteiger partial charge < -0.3 is 5.32 Å². The van der Waals surface area contributed by atoms with Crippen LogP contribution in [0.5, 0.6) is 0 Å². The zero-order chi connectivity index (χ0) is 13.2. The van der Waals surface area contributed by atoms with Crippen molar-refractivity contribution >= 4 is 22.9 Å². The van der Waals surface area contributed by atoms with Crippen LogP contribution < -0.4 is 5.32 Å². The van der Waals surface area contributed by atoms with Gasteiger partial charge in [0.2, 0.25) is 0 Å². The van der Waals surface area contributed by atoms with Gasteiger partial charge in [-0.3, -0.25) is 4.79 Å². The van der Waals surface area contributed by atoms with E-state index >= 15 is 0 Å². The topological polar surface area (TPSA) is 42.0 Å². The Bertz CT molecular complexity index is 534. The predicted molar refractivity (Wildman–Crippen MR) is 62.2 cm³/mol. The van der Waals surface area contributed by atoms with E-state index in [1.807, 2.05) is 5.38 Å². The molecule has 2 aromatic rings. The smallest absolute Gasteiger partial charge is 0.318 e. The minimum Gasteiger partial charge on any atom is -0.318 e. The van der Waals surface area contributed by atoms with Crippen molar-refractivity contribution < 1.29 is 18.0 Å². The Morgan fingerprint density at radius 3 is 2.39 bits per heavy atom. The molecule has 0 fully saturated rings. The molecule has 0 unspecified atom stereocenters. The largest absolute Gasteiger partial charge is 0.471 e. The lowest BCUT2D eigenvalue weighted by Gasteiger charge is -2.08. The Morgan fingerprint density at radius 1 is 1.22 bits per heavy atom. The van der Waals surface area contributed by atoms with E-state index in [0.717, 1.165) is 11.3 Å². The summed E-state index contributed by atoms with van der Waals surface area (Å²) < 4.78 is 36.1. The molecule has 1 heterocycles. The van der Waals surface area contributed by atoms with Crippen molar-refractivity contribution in [2.24, 2.45) is 0 Å². The van der Waals surface area contributed by atoms with E-state index in [1.54, 1.807) is 23.0 Å². The highest BCUT2D eigenvalue weighted by Crippen LogP contribution is 2.22. The van der Waals surface area contributed by atoms with Crippen molar-refractivity contribution in [2.45, 2.75) is 6.18 Å². The normalized spacial score (nSPS) is 11.3. The number of nitrogens with zero attached hydrogens (tertiary/aromatic N) is 1. The molecular weight excluding hydrogens is 265 g/mol. The second-order valence-electron chi connectivity index (χ2n) is 3.40. The van der Waals surface area contributed by atoms with Crippen LogP contribution in [0, 0.1) is 0 Å². The number of carbonyl (C=O) groups excluding carboxylic acids is 1. The van der Waals surface area contributed by atoms with Crippen molar-refractivity contribution in [3.05, 3.63) is 35.2 Å². The van der Waals surface area contributed by atoms with Gasteiger partial charge in [0, 0.05) is 16.6 Å². The molecule has 0 saturated carbocycles. The number of benzene rings is 1. The molecule has 0 spiro atoms. The molecule has 1 amide bonds. The van der Waals surface area contributed by atoms with Crippen molar-refractivity contribution in [3.63, 3.8) is 0 Å². The molecule has 0 atom stereocenters. The average Bonchev–Trinajstić information content (AvgIpc) is 2.82. The highest BCUT2D eigenvalue weighted by Gasteiger charge is 2.38. The van der Waals surface area contributed by atoms with Crippen LogP contribution in [0.2, 0.25) is 0 Å². The van der Waals surface area contributed by atoms with Crippen LogP contribution in [0.3, 0.4) is 0 Å². The molecule has 0 aliphatic carbocycles. The van der Waals surface area contributed by atoms with Crippen LogP contribution in [0.4, 0.5) is 18.9 Å². The molecule has 2 rings (SSSR count). The SMILES string of the molecule is O=C(Nc1ccc(-c2cscn2)cc1)C(F)(F)F. The molecule has 0 radical (unpaired) electrons. The summed E-state index contributed by atoms with van der Waals surface area (Å²) in [6.45, 7) is 0. The van der Waals surface area contributed by atoms with E-state index in [2.05, 4.69) is 4.98 Å². The van der Waals surface area contributed by atoms with Gasteiger partial charge in [0.15, 0.2) is 0 Å². The first-order chi connectivity index (χ1) is 8.47. The Morgan fingerprint density at radius 2 is 1.89 bits per heavy atom. The summed E-state index contributed by atoms with van der Waals surface area (Å²) in [5, 5.41) is 3.60. The summed E-state index contributed by atoms with van der Waals surface area (Å²) in [7, 11) is 0. The van der Waals surface area contributed by atoms with E-state index < -0.39 is 12.1 Å². The maximum Gasteiger partial charge on any atom is 0.471 e. The number of thiazole rings is 1. The highest BCUT2D eigenvalue weighted by molar-refractivity contribution is 7.07. The van der Waals surface area contributed by atoms with Crippen molar-refractivity contribution in [2.75, 3.05) is 5.32 Å². The predicted octanol–water partition coefficient (Wildman–Crippen LogP) is 3.31. The lowest BCUT2D eigenvalue weighted by molar-refractivity contribution is -0.167. The van der Waals surface area contributed by atoms with Crippen molar-refractivity contribution in [1.29, 1.82) is 0 Å². The third kappa shape index (κ3) is 2.86. The molecule has 7 heteroatoms. The Balaban J connectivity index is 2.12. The van der Waals surface area contributed by atoms with Gasteiger partial charge in [0.25, 0.3) is 0 Å². The minimum absolute atomic E-state index is 0.0938. The molecule has 3 nitrogen and oxygen atoms in total. The van der Waals surface area contributed by atoms with Gasteiger partial charge in [-0.15, -0.1) is 11.3 Å². The maximum atomic E-state index is 12.0. The van der Waals surface area contributed by atoms with Crippen LogP contribution in [0.25, 0.3) is 11.3 Å². The summed E-state index contributed by atoms with van der Waals surface area (Å²) in [6, 6.07) is 6.00. The van der Waals surface area contributed by atoms with Gasteiger partial charge in [0.1, 0.15) is 0 Å². The number of anilines is 1. The number of hydrogen-bond donors (Lipinski definition) is 1. The number of rotatable bonds is 2. The van der Waals surface area contributed by atoms with Crippen LogP contribution in [-0.2, 0) is 4.79 Å². The summed E-state index contributed by atoms with van der Waals surface area (Å²) in [4.78, 5) is 14.8. The second-order valence-corrected chi connectivity index (χ2v) is 4.12. The molecule has 0 aliphatic rings. The van der Waals surface area contributed by atoms with Crippen molar-refractivity contribution in [3.8, 4) is 11.3 Å². The summed E-state index contributed by atoms with van der Waals surface area (Å²) in [5.41, 5.74) is 3.28. The standard InChI is InChI=1S/C11H7F3N2OS/c12-11(13,14)10(17)16-8-3-1-7(2-4-8)9-5-18-6-15-9/h1-6H,(H,16,17). The van der Waals surface area contributed by atoms with Gasteiger partial charge in [-0.1, -0.05) is 12.1 Å². The molecular formula is C11H7F3N2OS. The van der Waals surface area contributed by atoms with Crippen LogP contribution in [-0.4, -0.2) is 17.1 Å². The number of carbonyl (C=O) groups is 1. The molecule has 1 aromatic carbocycles. The maximum absolute atomic E-state index is 12.0. The third-order valence-electron chi connectivity index (χ3n) is 2.13. The number of aromatic nitrogens is 1. The van der Waals surface area contributed by atoms with Gasteiger partial charge in [-0.25, -0.2) is 4.98 Å². The fourth-order valence-corrected chi connectivity index (χ4v) is 1.84. The van der Waals surface area contributed by atoms with E-state index in [1.165, 1.54) is 23.5 Å². The first kappa shape index (κ1) is 12.6. The van der Waals surface area contributed by atoms with Crippen LogP contribution in [0.15, 0.2) is 35.2 Å². The molecule has 1 aromatic heterocycles. The van der Waals surface area contributed by atoms with Gasteiger partial charge >= 0.3 is 12.1 Å². The zero-order valence-electron chi connectivity index (χ0n) is 8.86. The summed E-state index contributed by atoms with van der Waals surface area (Å²) in [5.74, 6) is -1.98. The Hall–Kier alpha value is -1.89. The number of nitrogens with one attached hydrogen (secondary N) is 1. The summed E-state index contributed by atoms with van der Waals surface area (Å²) in [6.07, 6.45) is -4.88. The van der Waals surface area contributed by atoms with Crippen molar-refractivity contribution in [1.82, 2.24) is 4.98 Å². The lowest BCUT2D eigenvalue weighted by atomic mass is 10.1. The monoisotopic (exact) mass is 272 g/mol.